The fourth-order valence-corrected chi connectivity index (χ4v) is 3.22. The summed E-state index contributed by atoms with van der Waals surface area (Å²) >= 11 is 0. The molecule has 1 saturated heterocycles. The molecule has 8 heteroatoms. The van der Waals surface area contributed by atoms with Gasteiger partial charge in [-0.15, -0.1) is 0 Å². The summed E-state index contributed by atoms with van der Waals surface area (Å²) in [7, 11) is 0. The summed E-state index contributed by atoms with van der Waals surface area (Å²) in [6.45, 7) is 10.1. The monoisotopic (exact) mass is 337 g/mol. The zero-order valence-corrected chi connectivity index (χ0v) is 15.0. The van der Waals surface area contributed by atoms with E-state index in [4.69, 9.17) is 0 Å². The summed E-state index contributed by atoms with van der Waals surface area (Å²) in [5.74, 6) is -0.180. The Labute approximate surface area is 142 Å². The average Bonchev–Trinajstić information content (AvgIpc) is 2.80. The van der Waals surface area contributed by atoms with Crippen molar-refractivity contribution in [2.45, 2.75) is 59.0 Å². The van der Waals surface area contributed by atoms with Crippen molar-refractivity contribution in [1.82, 2.24) is 20.0 Å². The molecule has 1 amide bonds. The lowest BCUT2D eigenvalue weighted by atomic mass is 9.98. The molecule has 0 unspecified atom stereocenters. The van der Waals surface area contributed by atoms with Crippen LogP contribution in [0.1, 0.15) is 44.5 Å². The Bertz CT molecular complexity index is 617. The average molecular weight is 337 g/mol. The minimum atomic E-state index is -0.453. The van der Waals surface area contributed by atoms with Crippen molar-refractivity contribution in [3.8, 4) is 0 Å². The van der Waals surface area contributed by atoms with Gasteiger partial charge in [-0.25, -0.2) is 0 Å². The van der Waals surface area contributed by atoms with Crippen LogP contribution >= 0.6 is 0 Å². The summed E-state index contributed by atoms with van der Waals surface area (Å²) in [5, 5.41) is 18.1. The SMILES string of the molecule is Cc1nn(CC(=O)NCC(C)(C)N2CCCCC2)c(C)c1[N+](=O)[O-]. The molecule has 0 bridgehead atoms. The van der Waals surface area contributed by atoms with E-state index in [0.717, 1.165) is 13.1 Å². The molecule has 2 heterocycles. The van der Waals surface area contributed by atoms with Crippen LogP contribution in [-0.2, 0) is 11.3 Å². The largest absolute Gasteiger partial charge is 0.353 e. The van der Waals surface area contributed by atoms with Gasteiger partial charge < -0.3 is 5.32 Å². The number of hydrogen-bond acceptors (Lipinski definition) is 5. The van der Waals surface area contributed by atoms with Crippen molar-refractivity contribution in [1.29, 1.82) is 0 Å². The van der Waals surface area contributed by atoms with Gasteiger partial charge in [0.2, 0.25) is 5.91 Å². The lowest BCUT2D eigenvalue weighted by Gasteiger charge is -2.41. The molecule has 8 nitrogen and oxygen atoms in total. The quantitative estimate of drug-likeness (QED) is 0.631. The van der Waals surface area contributed by atoms with E-state index in [2.05, 4.69) is 29.2 Å². The normalized spacial score (nSPS) is 16.2. The van der Waals surface area contributed by atoms with Crippen molar-refractivity contribution < 1.29 is 9.72 Å². The number of aromatic nitrogens is 2. The van der Waals surface area contributed by atoms with Gasteiger partial charge in [0.05, 0.1) is 4.92 Å². The Morgan fingerprint density at radius 2 is 1.92 bits per heavy atom. The van der Waals surface area contributed by atoms with Gasteiger partial charge in [0.15, 0.2) is 0 Å². The number of piperidine rings is 1. The van der Waals surface area contributed by atoms with Crippen LogP contribution in [0, 0.1) is 24.0 Å². The van der Waals surface area contributed by atoms with Crippen LogP contribution < -0.4 is 5.32 Å². The molecule has 1 N–H and O–H groups in total. The molecule has 1 aliphatic heterocycles. The predicted molar refractivity (Wildman–Crippen MR) is 90.9 cm³/mol. The Hall–Kier alpha value is -1.96. The number of nitrogens with zero attached hydrogens (tertiary/aromatic N) is 4. The standard InChI is InChI=1S/C16H27N5O3/c1-12-15(21(23)24)13(2)20(18-12)10-14(22)17-11-16(3,4)19-8-6-5-7-9-19/h5-11H2,1-4H3,(H,17,22). The maximum absolute atomic E-state index is 12.2. The van der Waals surface area contributed by atoms with E-state index in [1.54, 1.807) is 13.8 Å². The van der Waals surface area contributed by atoms with E-state index in [9.17, 15) is 14.9 Å². The summed E-state index contributed by atoms with van der Waals surface area (Å²) < 4.78 is 1.40. The molecule has 0 aromatic carbocycles. The lowest BCUT2D eigenvalue weighted by Crippen LogP contribution is -2.53. The molecule has 1 fully saturated rings. The van der Waals surface area contributed by atoms with Gasteiger partial charge in [-0.2, -0.15) is 5.10 Å². The molecule has 24 heavy (non-hydrogen) atoms. The molecule has 2 rings (SSSR count). The molecular formula is C16H27N5O3. The van der Waals surface area contributed by atoms with Crippen molar-refractivity contribution in [2.75, 3.05) is 19.6 Å². The van der Waals surface area contributed by atoms with Gasteiger partial charge in [0, 0.05) is 12.1 Å². The van der Waals surface area contributed by atoms with E-state index in [1.165, 1.54) is 23.9 Å². The molecule has 0 atom stereocenters. The fraction of sp³-hybridized carbons (Fsp3) is 0.750. The number of amides is 1. The second kappa shape index (κ2) is 7.29. The number of rotatable bonds is 6. The van der Waals surface area contributed by atoms with Crippen LogP contribution in [0.5, 0.6) is 0 Å². The Balaban J connectivity index is 1.94. The van der Waals surface area contributed by atoms with Gasteiger partial charge in [0.25, 0.3) is 0 Å². The number of nitro groups is 1. The smallest absolute Gasteiger partial charge is 0.312 e. The van der Waals surface area contributed by atoms with E-state index in [0.29, 0.717) is 17.9 Å². The van der Waals surface area contributed by atoms with Crippen LogP contribution in [0.4, 0.5) is 5.69 Å². The first-order chi connectivity index (χ1) is 11.2. The number of aryl methyl sites for hydroxylation is 1. The highest BCUT2D eigenvalue weighted by Gasteiger charge is 2.28. The zero-order chi connectivity index (χ0) is 17.9. The van der Waals surface area contributed by atoms with Crippen molar-refractivity contribution in [3.05, 3.63) is 21.5 Å². The Morgan fingerprint density at radius 3 is 2.46 bits per heavy atom. The van der Waals surface area contributed by atoms with Crippen LogP contribution in [0.3, 0.4) is 0 Å². The van der Waals surface area contributed by atoms with Crippen LogP contribution in [0.15, 0.2) is 0 Å². The van der Waals surface area contributed by atoms with Crippen molar-refractivity contribution >= 4 is 11.6 Å². The minimum absolute atomic E-state index is 0.00338. The van der Waals surface area contributed by atoms with Gasteiger partial charge in [-0.1, -0.05) is 6.42 Å². The zero-order valence-electron chi connectivity index (χ0n) is 15.0. The molecular weight excluding hydrogens is 310 g/mol. The van der Waals surface area contributed by atoms with Crippen LogP contribution in [0.2, 0.25) is 0 Å². The highest BCUT2D eigenvalue weighted by atomic mass is 16.6. The first-order valence-corrected chi connectivity index (χ1v) is 8.42. The van der Waals surface area contributed by atoms with Gasteiger partial charge in [-0.3, -0.25) is 24.5 Å². The molecule has 0 saturated carbocycles. The summed E-state index contributed by atoms with van der Waals surface area (Å²) in [6, 6.07) is 0. The molecule has 0 aliphatic carbocycles. The first kappa shape index (κ1) is 18.4. The Kier molecular flexibility index (Phi) is 5.58. The minimum Gasteiger partial charge on any atom is -0.353 e. The van der Waals surface area contributed by atoms with Gasteiger partial charge in [-0.05, 0) is 53.6 Å². The molecule has 1 aromatic rings. The molecule has 0 radical (unpaired) electrons. The third kappa shape index (κ3) is 4.11. The first-order valence-electron chi connectivity index (χ1n) is 8.42. The molecule has 134 valence electrons. The number of hydrogen-bond donors (Lipinski definition) is 1. The summed E-state index contributed by atoms with van der Waals surface area (Å²) in [6.07, 6.45) is 3.68. The summed E-state index contributed by atoms with van der Waals surface area (Å²) in [4.78, 5) is 25.2. The highest BCUT2D eigenvalue weighted by molar-refractivity contribution is 5.76. The predicted octanol–water partition coefficient (Wildman–Crippen LogP) is 1.79. The van der Waals surface area contributed by atoms with Gasteiger partial charge in [0.1, 0.15) is 17.9 Å². The van der Waals surface area contributed by atoms with E-state index < -0.39 is 4.92 Å². The third-order valence-corrected chi connectivity index (χ3v) is 4.75. The number of carbonyl (C=O) groups is 1. The molecule has 0 spiro atoms. The highest BCUT2D eigenvalue weighted by Crippen LogP contribution is 2.22. The van der Waals surface area contributed by atoms with E-state index in [-0.39, 0.29) is 23.7 Å². The van der Waals surface area contributed by atoms with Crippen molar-refractivity contribution in [2.24, 2.45) is 0 Å². The second-order valence-corrected chi connectivity index (χ2v) is 7.07. The maximum Gasteiger partial charge on any atom is 0.312 e. The topological polar surface area (TPSA) is 93.3 Å². The fourth-order valence-electron chi connectivity index (χ4n) is 3.22. The van der Waals surface area contributed by atoms with Crippen LogP contribution in [0.25, 0.3) is 0 Å². The molecule has 1 aromatic heterocycles. The third-order valence-electron chi connectivity index (χ3n) is 4.75. The van der Waals surface area contributed by atoms with Crippen molar-refractivity contribution in [3.63, 3.8) is 0 Å². The van der Waals surface area contributed by atoms with Gasteiger partial charge >= 0.3 is 5.69 Å². The number of nitrogens with one attached hydrogen (secondary N) is 1. The van der Waals surface area contributed by atoms with Crippen LogP contribution in [-0.4, -0.2) is 50.7 Å². The van der Waals surface area contributed by atoms with E-state index >= 15 is 0 Å². The molecule has 1 aliphatic rings. The van der Waals surface area contributed by atoms with E-state index in [1.807, 2.05) is 0 Å². The Morgan fingerprint density at radius 1 is 1.29 bits per heavy atom. The second-order valence-electron chi connectivity index (χ2n) is 7.07. The maximum atomic E-state index is 12.2. The summed E-state index contributed by atoms with van der Waals surface area (Å²) in [5.41, 5.74) is 0.621. The lowest BCUT2D eigenvalue weighted by molar-refractivity contribution is -0.386. The number of likely N-dealkylation sites (tertiary alicyclic amines) is 1. The number of carbonyl (C=O) groups excluding carboxylic acids is 1.